The molecule has 0 spiro atoms. The molecule has 3 aromatic rings. The Kier molecular flexibility index (Phi) is 6.07. The third-order valence-corrected chi connectivity index (χ3v) is 6.74. The van der Waals surface area contributed by atoms with Crippen LogP contribution in [-0.2, 0) is 0 Å². The number of hydrogen-bond donors (Lipinski definition) is 1. The second kappa shape index (κ2) is 9.31. The summed E-state index contributed by atoms with van der Waals surface area (Å²) in [4.78, 5) is 20.1. The van der Waals surface area contributed by atoms with Crippen molar-refractivity contribution >= 4 is 17.3 Å². The number of hydrogen-bond acceptors (Lipinski definition) is 5. The molecule has 1 amide bonds. The van der Waals surface area contributed by atoms with Crippen LogP contribution in [-0.4, -0.2) is 56.9 Å². The molecule has 1 fully saturated rings. The van der Waals surface area contributed by atoms with E-state index < -0.39 is 0 Å². The summed E-state index contributed by atoms with van der Waals surface area (Å²) < 4.78 is 11.2. The average molecular weight is 456 g/mol. The number of carbonyl (C=O) groups excluding carboxylic acids is 1. The summed E-state index contributed by atoms with van der Waals surface area (Å²) in [7, 11) is 5.50. The molecule has 6 heteroatoms. The Hall–Kier alpha value is -3.64. The van der Waals surface area contributed by atoms with Gasteiger partial charge in [-0.1, -0.05) is 30.3 Å². The normalized spacial score (nSPS) is 19.4. The van der Waals surface area contributed by atoms with Gasteiger partial charge in [0.1, 0.15) is 0 Å². The summed E-state index contributed by atoms with van der Waals surface area (Å²) in [6.07, 6.45) is 1.02. The van der Waals surface area contributed by atoms with Gasteiger partial charge in [-0.2, -0.15) is 0 Å². The summed E-state index contributed by atoms with van der Waals surface area (Å²) in [6, 6.07) is 21.5. The predicted molar refractivity (Wildman–Crippen MR) is 135 cm³/mol. The van der Waals surface area contributed by atoms with E-state index in [0.29, 0.717) is 17.2 Å². The highest BCUT2D eigenvalue weighted by Crippen LogP contribution is 2.42. The van der Waals surface area contributed by atoms with Gasteiger partial charge < -0.3 is 19.7 Å². The lowest BCUT2D eigenvalue weighted by Gasteiger charge is -2.39. The van der Waals surface area contributed by atoms with Crippen molar-refractivity contribution in [1.82, 2.24) is 4.90 Å². The minimum Gasteiger partial charge on any atom is -0.493 e. The van der Waals surface area contributed by atoms with E-state index in [4.69, 9.17) is 14.5 Å². The fraction of sp³-hybridized carbons (Fsp3) is 0.286. The van der Waals surface area contributed by atoms with E-state index in [1.54, 1.807) is 26.4 Å². The quantitative estimate of drug-likeness (QED) is 0.611. The lowest BCUT2D eigenvalue weighted by atomic mass is 9.79. The van der Waals surface area contributed by atoms with Crippen LogP contribution in [0, 0.1) is 0 Å². The highest BCUT2D eigenvalue weighted by molar-refractivity contribution is 6.15. The van der Waals surface area contributed by atoms with Gasteiger partial charge in [0.05, 0.1) is 26.0 Å². The molecule has 174 valence electrons. The average Bonchev–Trinajstić information content (AvgIpc) is 2.88. The monoisotopic (exact) mass is 455 g/mol. The number of aliphatic imine (C=N–C) groups is 1. The molecule has 1 N–H and O–H groups in total. The Morgan fingerprint density at radius 2 is 1.71 bits per heavy atom. The fourth-order valence-electron chi connectivity index (χ4n) is 4.94. The number of likely N-dealkylation sites (N-methyl/N-ethyl adjacent to an activating group) is 1. The Morgan fingerprint density at radius 1 is 1.00 bits per heavy atom. The molecule has 6 nitrogen and oxygen atoms in total. The van der Waals surface area contributed by atoms with Crippen LogP contribution in [0.4, 0.5) is 5.69 Å². The zero-order valence-electron chi connectivity index (χ0n) is 19.7. The van der Waals surface area contributed by atoms with Crippen molar-refractivity contribution in [2.45, 2.75) is 18.4 Å². The largest absolute Gasteiger partial charge is 0.493 e. The van der Waals surface area contributed by atoms with Crippen LogP contribution in [0.15, 0.2) is 71.7 Å². The van der Waals surface area contributed by atoms with Gasteiger partial charge in [-0.05, 0) is 62.0 Å². The van der Waals surface area contributed by atoms with Gasteiger partial charge >= 0.3 is 0 Å². The van der Waals surface area contributed by atoms with E-state index in [1.807, 2.05) is 48.5 Å². The number of piperidine rings is 1. The maximum atomic E-state index is 12.5. The van der Waals surface area contributed by atoms with Crippen molar-refractivity contribution in [2.24, 2.45) is 4.99 Å². The number of nitrogens with zero attached hydrogens (tertiary/aromatic N) is 2. The molecule has 0 bridgehead atoms. The summed E-state index contributed by atoms with van der Waals surface area (Å²) in [6.45, 7) is 2.00. The zero-order chi connectivity index (χ0) is 23.7. The Bertz CT molecular complexity index is 1220. The minimum absolute atomic E-state index is 0.125. The molecular weight excluding hydrogens is 426 g/mol. The fourth-order valence-corrected chi connectivity index (χ4v) is 4.94. The molecule has 0 aliphatic carbocycles. The summed E-state index contributed by atoms with van der Waals surface area (Å²) >= 11 is 0. The lowest BCUT2D eigenvalue weighted by molar-refractivity contribution is 0.102. The molecule has 0 unspecified atom stereocenters. The third-order valence-electron chi connectivity index (χ3n) is 6.74. The molecule has 1 saturated heterocycles. The topological polar surface area (TPSA) is 63.2 Å². The Balaban J connectivity index is 1.49. The molecule has 0 aromatic heterocycles. The van der Waals surface area contributed by atoms with Crippen LogP contribution < -0.4 is 14.8 Å². The van der Waals surface area contributed by atoms with E-state index >= 15 is 0 Å². The number of benzene rings is 3. The Morgan fingerprint density at radius 3 is 2.41 bits per heavy atom. The highest BCUT2D eigenvalue weighted by Gasteiger charge is 2.36. The number of anilines is 1. The molecule has 2 heterocycles. The molecular formula is C28H29N3O3. The molecule has 5 rings (SSSR count). The lowest BCUT2D eigenvalue weighted by Crippen LogP contribution is -2.41. The summed E-state index contributed by atoms with van der Waals surface area (Å²) in [5.41, 5.74) is 5.69. The van der Waals surface area contributed by atoms with Gasteiger partial charge in [0, 0.05) is 34.8 Å². The van der Waals surface area contributed by atoms with Crippen LogP contribution >= 0.6 is 0 Å². The first kappa shape index (κ1) is 22.2. The SMILES string of the molecule is COc1cc2c(cc1OC)[C@H]1CN(C)CC[C@H]1N=C2c1ccc(NC(=O)c2ccccc2)cc1. The van der Waals surface area contributed by atoms with E-state index in [1.165, 1.54) is 5.56 Å². The number of rotatable bonds is 5. The summed E-state index contributed by atoms with van der Waals surface area (Å²) in [5, 5.41) is 2.97. The highest BCUT2D eigenvalue weighted by atomic mass is 16.5. The molecule has 3 aromatic carbocycles. The number of methoxy groups -OCH3 is 2. The molecule has 34 heavy (non-hydrogen) atoms. The van der Waals surface area contributed by atoms with E-state index in [-0.39, 0.29) is 11.9 Å². The van der Waals surface area contributed by atoms with E-state index in [0.717, 1.165) is 47.8 Å². The van der Waals surface area contributed by atoms with Gasteiger partial charge in [0.15, 0.2) is 11.5 Å². The van der Waals surface area contributed by atoms with Crippen LogP contribution in [0.2, 0.25) is 0 Å². The molecule has 2 aliphatic rings. The number of carbonyl (C=O) groups is 1. The smallest absolute Gasteiger partial charge is 0.255 e. The maximum Gasteiger partial charge on any atom is 0.255 e. The first-order valence-corrected chi connectivity index (χ1v) is 11.6. The van der Waals surface area contributed by atoms with E-state index in [2.05, 4.69) is 23.3 Å². The molecule has 2 atom stereocenters. The van der Waals surface area contributed by atoms with Gasteiger partial charge in [0.2, 0.25) is 0 Å². The summed E-state index contributed by atoms with van der Waals surface area (Å²) in [5.74, 6) is 1.64. The van der Waals surface area contributed by atoms with Gasteiger partial charge in [0.25, 0.3) is 5.91 Å². The van der Waals surface area contributed by atoms with Crippen molar-refractivity contribution < 1.29 is 14.3 Å². The molecule has 0 radical (unpaired) electrons. The first-order valence-electron chi connectivity index (χ1n) is 11.6. The number of likely N-dealkylation sites (tertiary alicyclic amines) is 1. The second-order valence-electron chi connectivity index (χ2n) is 8.89. The standard InChI is InChI=1S/C28H29N3O3/c1-31-14-13-24-23(17-31)21-15-25(33-2)26(34-3)16-22(21)27(30-24)18-9-11-20(12-10-18)29-28(32)19-7-5-4-6-8-19/h4-12,15-16,23-24H,13-14,17H2,1-3H3,(H,29,32)/t23-,24-/m1/s1. The van der Waals surface area contributed by atoms with Crippen LogP contribution in [0.1, 0.15) is 39.4 Å². The number of ether oxygens (including phenoxy) is 2. The van der Waals surface area contributed by atoms with Crippen LogP contribution in [0.25, 0.3) is 0 Å². The molecule has 0 saturated carbocycles. The minimum atomic E-state index is -0.125. The Labute approximate surface area is 200 Å². The third kappa shape index (κ3) is 4.17. The van der Waals surface area contributed by atoms with Crippen LogP contribution in [0.3, 0.4) is 0 Å². The second-order valence-corrected chi connectivity index (χ2v) is 8.89. The predicted octanol–water partition coefficient (Wildman–Crippen LogP) is 4.59. The first-order chi connectivity index (χ1) is 16.6. The van der Waals surface area contributed by atoms with Crippen molar-refractivity contribution in [1.29, 1.82) is 0 Å². The number of fused-ring (bicyclic) bond motifs is 3. The van der Waals surface area contributed by atoms with Crippen molar-refractivity contribution in [2.75, 3.05) is 39.7 Å². The van der Waals surface area contributed by atoms with Crippen molar-refractivity contribution in [3.05, 3.63) is 89.0 Å². The maximum absolute atomic E-state index is 12.5. The van der Waals surface area contributed by atoms with Gasteiger partial charge in [-0.3, -0.25) is 9.79 Å². The van der Waals surface area contributed by atoms with Gasteiger partial charge in [-0.25, -0.2) is 0 Å². The number of nitrogens with one attached hydrogen (secondary N) is 1. The van der Waals surface area contributed by atoms with Crippen molar-refractivity contribution in [3.63, 3.8) is 0 Å². The van der Waals surface area contributed by atoms with Crippen LogP contribution in [0.5, 0.6) is 11.5 Å². The number of amides is 1. The molecule has 2 aliphatic heterocycles. The zero-order valence-corrected chi connectivity index (χ0v) is 19.7. The van der Waals surface area contributed by atoms with Gasteiger partial charge in [-0.15, -0.1) is 0 Å². The van der Waals surface area contributed by atoms with Crippen molar-refractivity contribution in [3.8, 4) is 11.5 Å². The van der Waals surface area contributed by atoms with E-state index in [9.17, 15) is 4.79 Å².